The summed E-state index contributed by atoms with van der Waals surface area (Å²) in [5, 5.41) is 11.4. The van der Waals surface area contributed by atoms with E-state index in [1.54, 1.807) is 18.3 Å². The van der Waals surface area contributed by atoms with Crippen LogP contribution in [0.5, 0.6) is 0 Å². The summed E-state index contributed by atoms with van der Waals surface area (Å²) in [6.45, 7) is 0.655. The smallest absolute Gasteiger partial charge is 0.264 e. The van der Waals surface area contributed by atoms with Gasteiger partial charge in [0.25, 0.3) is 12.9 Å². The minimum atomic E-state index is -3.03. The molecule has 8 heteroatoms. The second-order valence-electron chi connectivity index (χ2n) is 8.60. The Balaban J connectivity index is 1.67. The highest BCUT2D eigenvalue weighted by atomic mass is 19.3. The maximum Gasteiger partial charge on any atom is 0.264 e. The molecule has 0 saturated carbocycles. The van der Waals surface area contributed by atoms with Crippen LogP contribution < -0.4 is 9.63 Å². The first-order valence-electron chi connectivity index (χ1n) is 11.4. The Labute approximate surface area is 207 Å². The van der Waals surface area contributed by atoms with Gasteiger partial charge in [0, 0.05) is 49.0 Å². The van der Waals surface area contributed by atoms with Crippen LogP contribution >= 0.6 is 0 Å². The molecule has 0 radical (unpaired) electrons. The van der Waals surface area contributed by atoms with Crippen LogP contribution in [0, 0.1) is 5.21 Å². The Morgan fingerprint density at radius 3 is 2.08 bits per heavy atom. The Kier molecular flexibility index (Phi) is 7.83. The van der Waals surface area contributed by atoms with Crippen molar-refractivity contribution in [3.05, 3.63) is 130 Å². The van der Waals surface area contributed by atoms with Gasteiger partial charge in [-0.2, -0.15) is 4.73 Å². The number of benzene rings is 2. The van der Waals surface area contributed by atoms with Gasteiger partial charge in [0.2, 0.25) is 0 Å². The summed E-state index contributed by atoms with van der Waals surface area (Å²) in [6.07, 6.45) is -1.25. The second kappa shape index (κ2) is 11.2. The Hall–Kier alpha value is -3.94. The predicted molar refractivity (Wildman–Crippen MR) is 130 cm³/mol. The Bertz CT molecular complexity index is 1270. The molecule has 1 atom stereocenters. The fourth-order valence-electron chi connectivity index (χ4n) is 4.21. The molecule has 0 fully saturated rings. The monoisotopic (exact) mass is 495 g/mol. The Morgan fingerprint density at radius 1 is 0.806 bits per heavy atom. The van der Waals surface area contributed by atoms with Crippen LogP contribution in [-0.4, -0.2) is 12.0 Å². The number of anilines is 1. The van der Waals surface area contributed by atoms with Gasteiger partial charge in [0.15, 0.2) is 12.4 Å². The number of hydrogen-bond acceptors (Lipinski definition) is 3. The van der Waals surface area contributed by atoms with Crippen LogP contribution in [-0.2, 0) is 13.0 Å². The topological polar surface area (TPSA) is 43.1 Å². The lowest BCUT2D eigenvalue weighted by atomic mass is 9.85. The molecule has 0 bridgehead atoms. The van der Waals surface area contributed by atoms with E-state index < -0.39 is 29.9 Å². The lowest BCUT2D eigenvalue weighted by Gasteiger charge is -2.22. The van der Waals surface area contributed by atoms with Crippen molar-refractivity contribution in [3.63, 3.8) is 0 Å². The van der Waals surface area contributed by atoms with Crippen molar-refractivity contribution in [1.29, 1.82) is 0 Å². The second-order valence-corrected chi connectivity index (χ2v) is 8.60. The molecule has 4 nitrogen and oxygen atoms in total. The molecule has 4 aromatic rings. The molecule has 0 aliphatic carbocycles. The number of alkyl halides is 4. The van der Waals surface area contributed by atoms with E-state index in [0.29, 0.717) is 23.3 Å². The summed E-state index contributed by atoms with van der Waals surface area (Å²) in [5.74, 6) is 0.299. The molecule has 2 aromatic heterocycles. The van der Waals surface area contributed by atoms with E-state index in [1.807, 2.05) is 54.4 Å². The quantitative estimate of drug-likeness (QED) is 0.149. The normalized spacial score (nSPS) is 12.2. The molecule has 0 aliphatic heterocycles. The molecule has 0 saturated heterocycles. The van der Waals surface area contributed by atoms with Crippen molar-refractivity contribution in [2.75, 3.05) is 11.9 Å². The molecule has 0 spiro atoms. The minimum absolute atomic E-state index is 0.373. The zero-order valence-corrected chi connectivity index (χ0v) is 19.6. The lowest BCUT2D eigenvalue weighted by molar-refractivity contribution is -0.605. The van der Waals surface area contributed by atoms with Gasteiger partial charge in [-0.25, -0.2) is 22.5 Å². The van der Waals surface area contributed by atoms with Gasteiger partial charge in [-0.3, -0.25) is 0 Å². The number of pyridine rings is 2. The van der Waals surface area contributed by atoms with Crippen LogP contribution in [0.15, 0.2) is 91.4 Å². The first-order valence-corrected chi connectivity index (χ1v) is 11.4. The largest absolute Gasteiger partial charge is 0.619 e. The first kappa shape index (κ1) is 25.2. The molecule has 36 heavy (non-hydrogen) atoms. The third-order valence-electron chi connectivity index (χ3n) is 6.12. The summed E-state index contributed by atoms with van der Waals surface area (Å²) < 4.78 is 54.6. The third kappa shape index (κ3) is 6.00. The Morgan fingerprint density at radius 2 is 1.47 bits per heavy atom. The molecule has 0 N–H and O–H groups in total. The van der Waals surface area contributed by atoms with Crippen molar-refractivity contribution in [1.82, 2.24) is 4.98 Å². The maximum absolute atomic E-state index is 13.6. The zero-order valence-electron chi connectivity index (χ0n) is 19.6. The van der Waals surface area contributed by atoms with Gasteiger partial charge in [-0.1, -0.05) is 48.5 Å². The summed E-state index contributed by atoms with van der Waals surface area (Å²) in [4.78, 5) is 6.57. The molecule has 2 heterocycles. The molecular formula is C28H25F4N3O. The fourth-order valence-corrected chi connectivity index (χ4v) is 4.21. The summed E-state index contributed by atoms with van der Waals surface area (Å²) in [5.41, 5.74) is 1.80. The lowest BCUT2D eigenvalue weighted by Crippen LogP contribution is -2.24. The van der Waals surface area contributed by atoms with E-state index in [-0.39, 0.29) is 0 Å². The summed E-state index contributed by atoms with van der Waals surface area (Å²) in [7, 11) is 1.92. The van der Waals surface area contributed by atoms with Gasteiger partial charge < -0.3 is 10.1 Å². The highest BCUT2D eigenvalue weighted by molar-refractivity contribution is 5.44. The summed E-state index contributed by atoms with van der Waals surface area (Å²) in [6, 6.07) is 20.6. The van der Waals surface area contributed by atoms with E-state index in [1.165, 1.54) is 18.5 Å². The number of rotatable bonds is 9. The average molecular weight is 496 g/mol. The van der Waals surface area contributed by atoms with Gasteiger partial charge in [-0.05, 0) is 40.8 Å². The molecule has 1 unspecified atom stereocenters. The van der Waals surface area contributed by atoms with Crippen molar-refractivity contribution in [2.45, 2.75) is 31.7 Å². The number of aromatic nitrogens is 2. The third-order valence-corrected chi connectivity index (χ3v) is 6.12. The van der Waals surface area contributed by atoms with E-state index >= 15 is 0 Å². The molecule has 186 valence electrons. The highest BCUT2D eigenvalue weighted by Crippen LogP contribution is 2.36. The van der Waals surface area contributed by atoms with Crippen molar-refractivity contribution in [3.8, 4) is 0 Å². The standard InChI is InChI=1S/C28H25F4N3O/c1-34(18-20-5-3-2-4-6-20)26-10-8-22(17-33-26)24(15-19-11-13-35(36)14-12-19)21-7-9-23(27(29)30)25(16-21)28(31)32/h2-14,16-17,24,27-28H,15,18H2,1H3. The average Bonchev–Trinajstić information content (AvgIpc) is 2.88. The van der Waals surface area contributed by atoms with E-state index in [4.69, 9.17) is 0 Å². The number of halogens is 4. The molecule has 2 aromatic carbocycles. The SMILES string of the molecule is CN(Cc1ccccc1)c1ccc(C(Cc2cc[n+]([O-])cc2)c2ccc(C(F)F)c(C(F)F)c2)cn1. The van der Waals surface area contributed by atoms with E-state index in [0.717, 1.165) is 34.6 Å². The van der Waals surface area contributed by atoms with Crippen LogP contribution in [0.4, 0.5) is 23.4 Å². The predicted octanol–water partition coefficient (Wildman–Crippen LogP) is 6.60. The fraction of sp³-hybridized carbons (Fsp3) is 0.214. The highest BCUT2D eigenvalue weighted by Gasteiger charge is 2.24. The summed E-state index contributed by atoms with van der Waals surface area (Å²) >= 11 is 0. The maximum atomic E-state index is 13.6. The van der Waals surface area contributed by atoms with E-state index in [2.05, 4.69) is 4.98 Å². The van der Waals surface area contributed by atoms with Crippen molar-refractivity contribution >= 4 is 5.82 Å². The molecule has 0 aliphatic rings. The van der Waals surface area contributed by atoms with E-state index in [9.17, 15) is 22.8 Å². The zero-order chi connectivity index (χ0) is 25.7. The van der Waals surface area contributed by atoms with Crippen LogP contribution in [0.1, 0.15) is 52.1 Å². The molecule has 0 amide bonds. The van der Waals surface area contributed by atoms with Crippen molar-refractivity contribution in [2.24, 2.45) is 0 Å². The van der Waals surface area contributed by atoms with Crippen LogP contribution in [0.3, 0.4) is 0 Å². The molecule has 4 rings (SSSR count). The number of nitrogens with zero attached hydrogens (tertiary/aromatic N) is 3. The first-order chi connectivity index (χ1) is 17.3. The van der Waals surface area contributed by atoms with Crippen LogP contribution in [0.2, 0.25) is 0 Å². The van der Waals surface area contributed by atoms with Gasteiger partial charge >= 0.3 is 0 Å². The van der Waals surface area contributed by atoms with Crippen molar-refractivity contribution < 1.29 is 22.3 Å². The van der Waals surface area contributed by atoms with Crippen LogP contribution in [0.25, 0.3) is 0 Å². The van der Waals surface area contributed by atoms with Gasteiger partial charge in [-0.15, -0.1) is 0 Å². The van der Waals surface area contributed by atoms with Gasteiger partial charge in [0.1, 0.15) is 5.82 Å². The molecular weight excluding hydrogens is 470 g/mol. The van der Waals surface area contributed by atoms with Gasteiger partial charge in [0.05, 0.1) is 0 Å². The number of hydrogen-bond donors (Lipinski definition) is 0. The minimum Gasteiger partial charge on any atom is -0.619 e.